The maximum absolute atomic E-state index is 10.7. The van der Waals surface area contributed by atoms with Crippen molar-refractivity contribution in [2.75, 3.05) is 6.61 Å². The molecule has 0 radical (unpaired) electrons. The molecule has 1 aromatic rings. The van der Waals surface area contributed by atoms with Gasteiger partial charge in [-0.05, 0) is 53.4 Å². The lowest BCUT2D eigenvalue weighted by Gasteiger charge is -2.14. The molecule has 0 amide bonds. The highest BCUT2D eigenvalue weighted by atomic mass is 79.9. The van der Waals surface area contributed by atoms with E-state index in [1.54, 1.807) is 0 Å². The zero-order valence-electron chi connectivity index (χ0n) is 10.1. The van der Waals surface area contributed by atoms with Crippen LogP contribution in [0.5, 0.6) is 5.75 Å². The quantitative estimate of drug-likeness (QED) is 0.928. The number of hydrogen-bond donors (Lipinski definition) is 1. The summed E-state index contributed by atoms with van der Waals surface area (Å²) in [6.45, 7) is 2.39. The molecule has 0 bridgehead atoms. The number of ether oxygens (including phenoxy) is 2. The molecule has 18 heavy (non-hydrogen) atoms. The summed E-state index contributed by atoms with van der Waals surface area (Å²) in [5.41, 5.74) is 1.15. The highest BCUT2D eigenvalue weighted by molar-refractivity contribution is 9.10. The van der Waals surface area contributed by atoms with Gasteiger partial charge in [-0.25, -0.2) is 4.79 Å². The van der Waals surface area contributed by atoms with Gasteiger partial charge in [0.15, 0.2) is 6.10 Å². The fourth-order valence-corrected chi connectivity index (χ4v) is 2.52. The first-order valence-electron chi connectivity index (χ1n) is 5.83. The third-order valence-corrected chi connectivity index (χ3v) is 3.51. The largest absolute Gasteiger partial charge is 0.490 e. The summed E-state index contributed by atoms with van der Waals surface area (Å²) < 4.78 is 11.9. The maximum atomic E-state index is 10.7. The summed E-state index contributed by atoms with van der Waals surface area (Å²) >= 11 is 3.43. The molecular formula is C13H15BrO4. The molecule has 1 heterocycles. The van der Waals surface area contributed by atoms with Crippen LogP contribution < -0.4 is 4.74 Å². The number of hydrogen-bond acceptors (Lipinski definition) is 3. The highest BCUT2D eigenvalue weighted by Gasteiger charge is 2.30. The van der Waals surface area contributed by atoms with Crippen LogP contribution in [-0.2, 0) is 9.53 Å². The molecule has 1 aliphatic heterocycles. The van der Waals surface area contributed by atoms with Crippen molar-refractivity contribution in [3.8, 4) is 5.75 Å². The van der Waals surface area contributed by atoms with E-state index in [0.29, 0.717) is 13.0 Å². The van der Waals surface area contributed by atoms with Crippen LogP contribution in [0, 0.1) is 6.92 Å². The summed E-state index contributed by atoms with van der Waals surface area (Å²) in [6, 6.07) is 5.84. The van der Waals surface area contributed by atoms with E-state index in [0.717, 1.165) is 22.2 Å². The SMILES string of the molecule is Cc1ccc(OCC2CCC(C(=O)O)O2)c(Br)c1. The fourth-order valence-electron chi connectivity index (χ4n) is 1.92. The Bertz CT molecular complexity index is 447. The first kappa shape index (κ1) is 13.4. The minimum Gasteiger partial charge on any atom is -0.490 e. The molecule has 1 fully saturated rings. The molecule has 1 saturated heterocycles. The molecule has 0 saturated carbocycles. The first-order chi connectivity index (χ1) is 8.56. The van der Waals surface area contributed by atoms with Gasteiger partial charge >= 0.3 is 5.97 Å². The number of halogens is 1. The predicted molar refractivity (Wildman–Crippen MR) is 69.9 cm³/mol. The molecule has 98 valence electrons. The Labute approximate surface area is 114 Å². The summed E-state index contributed by atoms with van der Waals surface area (Å²) in [5.74, 6) is -0.142. The van der Waals surface area contributed by atoms with Crippen molar-refractivity contribution in [2.45, 2.75) is 32.0 Å². The van der Waals surface area contributed by atoms with Crippen molar-refractivity contribution in [2.24, 2.45) is 0 Å². The maximum Gasteiger partial charge on any atom is 0.332 e. The average Bonchev–Trinajstić information content (AvgIpc) is 2.76. The summed E-state index contributed by atoms with van der Waals surface area (Å²) in [7, 11) is 0. The fraction of sp³-hybridized carbons (Fsp3) is 0.462. The van der Waals surface area contributed by atoms with Crippen LogP contribution in [0.15, 0.2) is 22.7 Å². The summed E-state index contributed by atoms with van der Waals surface area (Å²) in [6.07, 6.45) is 0.457. The monoisotopic (exact) mass is 314 g/mol. The van der Waals surface area contributed by atoms with Gasteiger partial charge in [0.2, 0.25) is 0 Å². The molecule has 1 aromatic carbocycles. The van der Waals surface area contributed by atoms with Gasteiger partial charge in [-0.15, -0.1) is 0 Å². The molecule has 5 heteroatoms. The lowest BCUT2D eigenvalue weighted by Crippen LogP contribution is -2.23. The number of carbonyl (C=O) groups is 1. The zero-order chi connectivity index (χ0) is 13.1. The Hall–Kier alpha value is -1.07. The topological polar surface area (TPSA) is 55.8 Å². The summed E-state index contributed by atoms with van der Waals surface area (Å²) in [5, 5.41) is 8.82. The van der Waals surface area contributed by atoms with Crippen LogP contribution >= 0.6 is 15.9 Å². The van der Waals surface area contributed by atoms with Crippen molar-refractivity contribution in [1.82, 2.24) is 0 Å². The van der Waals surface area contributed by atoms with Crippen LogP contribution in [0.4, 0.5) is 0 Å². The standard InChI is InChI=1S/C13H15BrO4/c1-8-2-4-11(10(14)6-8)17-7-9-3-5-12(18-9)13(15)16/h2,4,6,9,12H,3,5,7H2,1H3,(H,15,16). The second-order valence-electron chi connectivity index (χ2n) is 4.41. The number of aliphatic carboxylic acids is 1. The van der Waals surface area contributed by atoms with E-state index in [1.165, 1.54) is 0 Å². The van der Waals surface area contributed by atoms with Gasteiger partial charge in [-0.2, -0.15) is 0 Å². The van der Waals surface area contributed by atoms with E-state index < -0.39 is 12.1 Å². The third-order valence-electron chi connectivity index (χ3n) is 2.90. The molecule has 0 aromatic heterocycles. The van der Waals surface area contributed by atoms with Gasteiger partial charge in [0.05, 0.1) is 10.6 Å². The van der Waals surface area contributed by atoms with Crippen LogP contribution in [0.3, 0.4) is 0 Å². The second-order valence-corrected chi connectivity index (χ2v) is 5.26. The average molecular weight is 315 g/mol. The number of aryl methyl sites for hydroxylation is 1. The molecule has 0 aliphatic carbocycles. The third kappa shape index (κ3) is 3.23. The van der Waals surface area contributed by atoms with Gasteiger partial charge in [-0.3, -0.25) is 0 Å². The number of carboxylic acid groups (broad SMARTS) is 1. The van der Waals surface area contributed by atoms with Gasteiger partial charge in [0, 0.05) is 0 Å². The molecule has 2 unspecified atom stereocenters. The number of rotatable bonds is 4. The van der Waals surface area contributed by atoms with Crippen molar-refractivity contribution in [3.05, 3.63) is 28.2 Å². The summed E-state index contributed by atoms with van der Waals surface area (Å²) in [4.78, 5) is 10.7. The van der Waals surface area contributed by atoms with E-state index in [1.807, 2.05) is 25.1 Å². The zero-order valence-corrected chi connectivity index (χ0v) is 11.6. The molecule has 2 atom stereocenters. The Morgan fingerprint density at radius 2 is 2.33 bits per heavy atom. The van der Waals surface area contributed by atoms with Crippen LogP contribution in [0.25, 0.3) is 0 Å². The van der Waals surface area contributed by atoms with Crippen LogP contribution in [0.2, 0.25) is 0 Å². The normalized spacial score (nSPS) is 23.0. The van der Waals surface area contributed by atoms with Gasteiger partial charge < -0.3 is 14.6 Å². The molecule has 1 aliphatic rings. The smallest absolute Gasteiger partial charge is 0.332 e. The predicted octanol–water partition coefficient (Wildman–Crippen LogP) is 2.77. The molecule has 0 spiro atoms. The minimum absolute atomic E-state index is 0.140. The molecule has 2 rings (SSSR count). The second kappa shape index (κ2) is 5.71. The van der Waals surface area contributed by atoms with E-state index in [2.05, 4.69) is 15.9 Å². The van der Waals surface area contributed by atoms with E-state index in [4.69, 9.17) is 14.6 Å². The van der Waals surface area contributed by atoms with Crippen molar-refractivity contribution in [3.63, 3.8) is 0 Å². The Morgan fingerprint density at radius 1 is 1.56 bits per heavy atom. The van der Waals surface area contributed by atoms with Gasteiger partial charge in [0.1, 0.15) is 12.4 Å². The molecular weight excluding hydrogens is 300 g/mol. The van der Waals surface area contributed by atoms with Crippen molar-refractivity contribution < 1.29 is 19.4 Å². The van der Waals surface area contributed by atoms with E-state index in [-0.39, 0.29) is 6.10 Å². The van der Waals surface area contributed by atoms with Crippen molar-refractivity contribution >= 4 is 21.9 Å². The Balaban J connectivity index is 1.87. The van der Waals surface area contributed by atoms with E-state index in [9.17, 15) is 4.79 Å². The first-order valence-corrected chi connectivity index (χ1v) is 6.63. The van der Waals surface area contributed by atoms with Crippen LogP contribution in [0.1, 0.15) is 18.4 Å². The van der Waals surface area contributed by atoms with Gasteiger partial charge in [-0.1, -0.05) is 6.07 Å². The van der Waals surface area contributed by atoms with Crippen molar-refractivity contribution in [1.29, 1.82) is 0 Å². The minimum atomic E-state index is -0.894. The van der Waals surface area contributed by atoms with Gasteiger partial charge in [0.25, 0.3) is 0 Å². The molecule has 1 N–H and O–H groups in total. The Morgan fingerprint density at radius 3 is 2.94 bits per heavy atom. The number of benzene rings is 1. The molecule has 4 nitrogen and oxygen atoms in total. The van der Waals surface area contributed by atoms with E-state index >= 15 is 0 Å². The lowest BCUT2D eigenvalue weighted by atomic mass is 10.2. The lowest BCUT2D eigenvalue weighted by molar-refractivity contribution is -0.149. The number of carboxylic acids is 1. The Kier molecular flexibility index (Phi) is 4.24. The highest BCUT2D eigenvalue weighted by Crippen LogP contribution is 2.27. The van der Waals surface area contributed by atoms with Crippen LogP contribution in [-0.4, -0.2) is 29.9 Å².